The standard InChI is InChI=1S/C23H22N4O4S/c1-14-24-20-22(32-14)26-21(19(25-20)23(28)29)27(12-15-4-8-17(30-2)9-5-15)13-16-6-10-18(31-3)11-7-16/h4-11H,12-13H2,1-3H3,(H,28,29). The van der Waals surface area contributed by atoms with Gasteiger partial charge in [0, 0.05) is 13.1 Å². The molecule has 0 spiro atoms. The number of aryl methyl sites for hydroxylation is 1. The summed E-state index contributed by atoms with van der Waals surface area (Å²) in [7, 11) is 3.23. The van der Waals surface area contributed by atoms with E-state index in [1.165, 1.54) is 11.3 Å². The third kappa shape index (κ3) is 4.62. The molecule has 0 radical (unpaired) electrons. The highest BCUT2D eigenvalue weighted by Crippen LogP contribution is 2.28. The van der Waals surface area contributed by atoms with Crippen LogP contribution in [0.4, 0.5) is 5.82 Å². The van der Waals surface area contributed by atoms with Gasteiger partial charge in [-0.15, -0.1) is 0 Å². The molecule has 0 atom stereocenters. The van der Waals surface area contributed by atoms with Crippen molar-refractivity contribution in [3.05, 3.63) is 70.4 Å². The Morgan fingerprint density at radius 3 is 1.91 bits per heavy atom. The monoisotopic (exact) mass is 450 g/mol. The highest BCUT2D eigenvalue weighted by atomic mass is 32.1. The lowest BCUT2D eigenvalue weighted by Crippen LogP contribution is -2.26. The molecule has 0 saturated carbocycles. The molecular weight excluding hydrogens is 428 g/mol. The molecule has 2 aromatic carbocycles. The van der Waals surface area contributed by atoms with Crippen LogP contribution in [0.15, 0.2) is 48.5 Å². The van der Waals surface area contributed by atoms with Gasteiger partial charge < -0.3 is 19.5 Å². The highest BCUT2D eigenvalue weighted by Gasteiger charge is 2.23. The van der Waals surface area contributed by atoms with Gasteiger partial charge in [-0.05, 0) is 42.3 Å². The molecule has 164 valence electrons. The number of fused-ring (bicyclic) bond motifs is 1. The fraction of sp³-hybridized carbons (Fsp3) is 0.217. The molecule has 0 aliphatic rings. The fourth-order valence-electron chi connectivity index (χ4n) is 3.33. The predicted molar refractivity (Wildman–Crippen MR) is 123 cm³/mol. The van der Waals surface area contributed by atoms with Crippen molar-refractivity contribution in [1.29, 1.82) is 0 Å². The van der Waals surface area contributed by atoms with Crippen molar-refractivity contribution in [2.75, 3.05) is 19.1 Å². The number of hydrogen-bond acceptors (Lipinski definition) is 8. The van der Waals surface area contributed by atoms with Gasteiger partial charge in [-0.1, -0.05) is 35.6 Å². The minimum atomic E-state index is -1.14. The molecule has 0 saturated heterocycles. The molecule has 4 aromatic rings. The second kappa shape index (κ2) is 9.19. The highest BCUT2D eigenvalue weighted by molar-refractivity contribution is 7.18. The summed E-state index contributed by atoms with van der Waals surface area (Å²) in [5.74, 6) is 0.667. The molecule has 2 aromatic heterocycles. The van der Waals surface area contributed by atoms with E-state index < -0.39 is 5.97 Å². The van der Waals surface area contributed by atoms with Gasteiger partial charge in [0.2, 0.25) is 0 Å². The summed E-state index contributed by atoms with van der Waals surface area (Å²) >= 11 is 1.39. The lowest BCUT2D eigenvalue weighted by molar-refractivity contribution is 0.0691. The molecule has 0 amide bonds. The summed E-state index contributed by atoms with van der Waals surface area (Å²) in [4.78, 5) is 27.9. The minimum absolute atomic E-state index is 0.121. The Kier molecular flexibility index (Phi) is 6.18. The van der Waals surface area contributed by atoms with Crippen molar-refractivity contribution in [2.45, 2.75) is 20.0 Å². The molecule has 9 heteroatoms. The van der Waals surface area contributed by atoms with E-state index in [9.17, 15) is 9.90 Å². The summed E-state index contributed by atoms with van der Waals surface area (Å²) < 4.78 is 10.5. The molecule has 0 aliphatic heterocycles. The normalized spacial score (nSPS) is 10.8. The van der Waals surface area contributed by atoms with Crippen LogP contribution in [0, 0.1) is 6.92 Å². The summed E-state index contributed by atoms with van der Waals surface area (Å²) in [6.45, 7) is 2.73. The Hall–Kier alpha value is -3.72. The number of ether oxygens (including phenoxy) is 2. The molecule has 0 aliphatic carbocycles. The zero-order chi connectivity index (χ0) is 22.7. The summed E-state index contributed by atoms with van der Waals surface area (Å²) in [6, 6.07) is 15.3. The van der Waals surface area contributed by atoms with Crippen LogP contribution in [0.25, 0.3) is 10.5 Å². The fourth-order valence-corrected chi connectivity index (χ4v) is 4.05. The zero-order valence-corrected chi connectivity index (χ0v) is 18.7. The summed E-state index contributed by atoms with van der Waals surface area (Å²) in [5.41, 5.74) is 2.20. The largest absolute Gasteiger partial charge is 0.497 e. The van der Waals surface area contributed by atoms with Gasteiger partial charge in [0.15, 0.2) is 22.0 Å². The number of carbonyl (C=O) groups is 1. The molecule has 0 bridgehead atoms. The molecule has 4 rings (SSSR count). The van der Waals surface area contributed by atoms with Crippen LogP contribution in [-0.2, 0) is 13.1 Å². The maximum absolute atomic E-state index is 12.1. The van der Waals surface area contributed by atoms with Crippen molar-refractivity contribution in [1.82, 2.24) is 15.0 Å². The first-order valence-electron chi connectivity index (χ1n) is 9.86. The number of aromatic nitrogens is 3. The van der Waals surface area contributed by atoms with E-state index in [1.807, 2.05) is 60.4 Å². The van der Waals surface area contributed by atoms with Gasteiger partial charge in [0.1, 0.15) is 11.5 Å². The maximum Gasteiger partial charge on any atom is 0.358 e. The van der Waals surface area contributed by atoms with Gasteiger partial charge in [-0.25, -0.2) is 19.7 Å². The molecule has 0 fully saturated rings. The topological polar surface area (TPSA) is 97.7 Å². The van der Waals surface area contributed by atoms with E-state index in [-0.39, 0.29) is 5.69 Å². The van der Waals surface area contributed by atoms with Crippen molar-refractivity contribution in [2.24, 2.45) is 0 Å². The second-order valence-electron chi connectivity index (χ2n) is 7.11. The number of rotatable bonds is 8. The Balaban J connectivity index is 1.77. The van der Waals surface area contributed by atoms with Crippen molar-refractivity contribution in [3.63, 3.8) is 0 Å². The smallest absolute Gasteiger partial charge is 0.358 e. The van der Waals surface area contributed by atoms with Crippen molar-refractivity contribution < 1.29 is 19.4 Å². The molecule has 1 N–H and O–H groups in total. The van der Waals surface area contributed by atoms with Gasteiger partial charge in [-0.3, -0.25) is 0 Å². The van der Waals surface area contributed by atoms with Crippen molar-refractivity contribution in [3.8, 4) is 11.5 Å². The Labute approximate surface area is 189 Å². The lowest BCUT2D eigenvalue weighted by Gasteiger charge is -2.25. The number of nitrogens with zero attached hydrogens (tertiary/aromatic N) is 4. The van der Waals surface area contributed by atoms with Crippen LogP contribution in [0.1, 0.15) is 26.6 Å². The van der Waals surface area contributed by atoms with Crippen LogP contribution in [0.3, 0.4) is 0 Å². The Morgan fingerprint density at radius 1 is 0.906 bits per heavy atom. The molecule has 32 heavy (non-hydrogen) atoms. The van der Waals surface area contributed by atoms with E-state index in [4.69, 9.17) is 9.47 Å². The van der Waals surface area contributed by atoms with Crippen LogP contribution < -0.4 is 14.4 Å². The Morgan fingerprint density at radius 2 is 1.44 bits per heavy atom. The number of anilines is 1. The molecule has 2 heterocycles. The van der Waals surface area contributed by atoms with Crippen LogP contribution in [0.5, 0.6) is 11.5 Å². The first kappa shape index (κ1) is 21.5. The average Bonchev–Trinajstić information content (AvgIpc) is 3.17. The van der Waals surface area contributed by atoms with Crippen LogP contribution in [-0.4, -0.2) is 40.2 Å². The average molecular weight is 451 g/mol. The van der Waals surface area contributed by atoms with Crippen LogP contribution >= 0.6 is 11.3 Å². The van der Waals surface area contributed by atoms with Gasteiger partial charge >= 0.3 is 5.97 Å². The van der Waals surface area contributed by atoms with E-state index in [0.29, 0.717) is 29.4 Å². The van der Waals surface area contributed by atoms with Crippen LogP contribution in [0.2, 0.25) is 0 Å². The second-order valence-corrected chi connectivity index (χ2v) is 8.30. The summed E-state index contributed by atoms with van der Waals surface area (Å²) in [6.07, 6.45) is 0. The number of thiazole rings is 1. The van der Waals surface area contributed by atoms with Gasteiger partial charge in [-0.2, -0.15) is 0 Å². The Bertz CT molecular complexity index is 1190. The van der Waals surface area contributed by atoms with E-state index >= 15 is 0 Å². The number of methoxy groups -OCH3 is 2. The minimum Gasteiger partial charge on any atom is -0.497 e. The predicted octanol–water partition coefficient (Wildman–Crippen LogP) is 4.32. The first-order chi connectivity index (χ1) is 15.5. The van der Waals surface area contributed by atoms with Gasteiger partial charge in [0.05, 0.1) is 19.2 Å². The lowest BCUT2D eigenvalue weighted by atomic mass is 10.1. The van der Waals surface area contributed by atoms with Gasteiger partial charge in [0.25, 0.3) is 0 Å². The molecule has 0 unspecified atom stereocenters. The molecule has 8 nitrogen and oxygen atoms in total. The number of aromatic carboxylic acids is 1. The van der Waals surface area contributed by atoms with E-state index in [2.05, 4.69) is 15.0 Å². The third-order valence-corrected chi connectivity index (χ3v) is 5.76. The third-order valence-electron chi connectivity index (χ3n) is 4.90. The quantitative estimate of drug-likeness (QED) is 0.424. The number of carboxylic acid groups (broad SMARTS) is 1. The first-order valence-corrected chi connectivity index (χ1v) is 10.7. The van der Waals surface area contributed by atoms with E-state index in [0.717, 1.165) is 27.6 Å². The maximum atomic E-state index is 12.1. The zero-order valence-electron chi connectivity index (χ0n) is 17.9. The number of hydrogen-bond donors (Lipinski definition) is 1. The summed E-state index contributed by atoms with van der Waals surface area (Å²) in [5, 5.41) is 10.6. The van der Waals surface area contributed by atoms with E-state index in [1.54, 1.807) is 14.2 Å². The molecular formula is C23H22N4O4S. The number of benzene rings is 2. The SMILES string of the molecule is COc1ccc(CN(Cc2ccc(OC)cc2)c2nc3sc(C)nc3nc2C(=O)O)cc1. The van der Waals surface area contributed by atoms with Crippen molar-refractivity contribution >= 4 is 33.6 Å². The number of carboxylic acids is 1.